The molecule has 0 aliphatic heterocycles. The monoisotopic (exact) mass is 535 g/mol. The summed E-state index contributed by atoms with van der Waals surface area (Å²) in [6.07, 6.45) is 4.11. The van der Waals surface area contributed by atoms with E-state index in [4.69, 9.17) is 0 Å². The van der Waals surface area contributed by atoms with Crippen LogP contribution in [0.2, 0.25) is 0 Å². The lowest BCUT2D eigenvalue weighted by Crippen LogP contribution is -2.26. The lowest BCUT2D eigenvalue weighted by atomic mass is 10.1. The number of aromatic nitrogens is 1. The summed E-state index contributed by atoms with van der Waals surface area (Å²) < 4.78 is 1.14. The molecule has 7 heteroatoms. The highest BCUT2D eigenvalue weighted by molar-refractivity contribution is 14.1. The molecule has 0 fully saturated rings. The summed E-state index contributed by atoms with van der Waals surface area (Å²) in [4.78, 5) is 15.5. The molecule has 1 aromatic heterocycles. The number of nitrogens with one attached hydrogen (secondary N) is 2. The van der Waals surface area contributed by atoms with Gasteiger partial charge in [0.05, 0.1) is 8.04 Å². The first-order valence-electron chi connectivity index (χ1n) is 8.12. The molecule has 3 N–H and O–H groups in total. The zero-order valence-corrected chi connectivity index (χ0v) is 17.8. The Morgan fingerprint density at radius 1 is 1.37 bits per heavy atom. The number of carbonyl (C=O) groups excluding carboxylic acids is 1. The van der Waals surface area contributed by atoms with Crippen molar-refractivity contribution < 1.29 is 9.90 Å². The Labute approximate surface area is 178 Å². The number of hydrogen-bond donors (Lipinski definition) is 3. The fourth-order valence-electron chi connectivity index (χ4n) is 2.73. The Morgan fingerprint density at radius 2 is 2.15 bits per heavy atom. The number of nitrogens with zero attached hydrogens (tertiary/aromatic N) is 1. The molecule has 5 nitrogen and oxygen atoms in total. The van der Waals surface area contributed by atoms with E-state index in [1.807, 2.05) is 59.1 Å². The summed E-state index contributed by atoms with van der Waals surface area (Å²) in [5.41, 5.74) is 2.85. The number of aromatic hydroxyl groups is 1. The predicted octanol–water partition coefficient (Wildman–Crippen LogP) is 4.51. The number of fused-ring (bicyclic) bond motifs is 1. The molecule has 3 aromatic rings. The van der Waals surface area contributed by atoms with Crippen LogP contribution in [0.3, 0.4) is 0 Å². The van der Waals surface area contributed by atoms with Crippen LogP contribution in [0.5, 0.6) is 5.75 Å². The summed E-state index contributed by atoms with van der Waals surface area (Å²) in [5.74, 6) is -0.286. The van der Waals surface area contributed by atoms with Crippen LogP contribution in [0.25, 0.3) is 17.0 Å². The molecule has 0 bridgehead atoms. The summed E-state index contributed by atoms with van der Waals surface area (Å²) in [5, 5.41) is 23.0. The van der Waals surface area contributed by atoms with Gasteiger partial charge < -0.3 is 15.4 Å². The Bertz CT molecular complexity index is 1060. The Kier molecular flexibility index (Phi) is 6.19. The van der Waals surface area contributed by atoms with Crippen molar-refractivity contribution in [2.24, 2.45) is 0 Å². The number of nitriles is 1. The minimum absolute atomic E-state index is 0.0160. The third kappa shape index (κ3) is 4.51. The van der Waals surface area contributed by atoms with E-state index in [-0.39, 0.29) is 11.3 Å². The lowest BCUT2D eigenvalue weighted by molar-refractivity contribution is -0.117. The third-order valence-corrected chi connectivity index (χ3v) is 5.50. The number of rotatable bonds is 5. The zero-order valence-electron chi connectivity index (χ0n) is 14.1. The van der Waals surface area contributed by atoms with Crippen LogP contribution < -0.4 is 5.32 Å². The van der Waals surface area contributed by atoms with Crippen molar-refractivity contribution in [2.45, 2.75) is 6.42 Å². The van der Waals surface area contributed by atoms with Crippen molar-refractivity contribution in [2.75, 3.05) is 6.54 Å². The van der Waals surface area contributed by atoms with Crippen LogP contribution in [0.15, 0.2) is 52.6 Å². The molecule has 2 aromatic carbocycles. The molecule has 0 aliphatic rings. The molecule has 0 aliphatic carbocycles. The minimum Gasteiger partial charge on any atom is -0.506 e. The van der Waals surface area contributed by atoms with Crippen molar-refractivity contribution in [3.8, 4) is 11.8 Å². The number of phenols is 1. The Hall–Kier alpha value is -2.31. The molecule has 0 atom stereocenters. The summed E-state index contributed by atoms with van der Waals surface area (Å²) in [6.45, 7) is 0.427. The highest BCUT2D eigenvalue weighted by Crippen LogP contribution is 2.31. The van der Waals surface area contributed by atoms with Gasteiger partial charge in [0.1, 0.15) is 17.4 Å². The topological polar surface area (TPSA) is 88.9 Å². The van der Waals surface area contributed by atoms with Crippen LogP contribution in [0.4, 0.5) is 0 Å². The molecule has 136 valence electrons. The van der Waals surface area contributed by atoms with Gasteiger partial charge in [-0.25, -0.2) is 0 Å². The fraction of sp³-hybridized carbons (Fsp3) is 0.100. The lowest BCUT2D eigenvalue weighted by Gasteiger charge is -2.05. The number of para-hydroxylation sites is 1. The van der Waals surface area contributed by atoms with Crippen molar-refractivity contribution in [3.63, 3.8) is 0 Å². The molecule has 0 spiro atoms. The molecular weight excluding hydrogens is 521 g/mol. The second kappa shape index (κ2) is 8.59. The number of amides is 1. The second-order valence-corrected chi connectivity index (χ2v) is 7.88. The molecule has 0 unspecified atom stereocenters. The molecule has 0 saturated heterocycles. The highest BCUT2D eigenvalue weighted by Gasteiger charge is 2.11. The number of halogens is 2. The first-order chi connectivity index (χ1) is 13.0. The summed E-state index contributed by atoms with van der Waals surface area (Å²) >= 11 is 5.25. The highest BCUT2D eigenvalue weighted by atomic mass is 127. The minimum atomic E-state index is -0.420. The maximum Gasteiger partial charge on any atom is 0.261 e. The van der Waals surface area contributed by atoms with E-state index in [1.165, 1.54) is 6.08 Å². The Balaban J connectivity index is 1.68. The largest absolute Gasteiger partial charge is 0.506 e. The number of carbonyl (C=O) groups is 1. The average molecular weight is 536 g/mol. The molecule has 3 rings (SSSR count). The fourth-order valence-corrected chi connectivity index (χ4v) is 4.23. The number of aromatic amines is 1. The number of H-pyrrole nitrogens is 1. The van der Waals surface area contributed by atoms with Crippen molar-refractivity contribution in [3.05, 3.63) is 67.3 Å². The first kappa shape index (κ1) is 19.5. The maximum atomic E-state index is 12.3. The number of phenolic OH excluding ortho intramolecular Hbond substituents is 1. The van der Waals surface area contributed by atoms with Crippen LogP contribution >= 0.6 is 38.5 Å². The van der Waals surface area contributed by atoms with Gasteiger partial charge in [0.15, 0.2) is 0 Å². The first-order valence-corrected chi connectivity index (χ1v) is 9.99. The van der Waals surface area contributed by atoms with Gasteiger partial charge in [-0.3, -0.25) is 4.79 Å². The third-order valence-electron chi connectivity index (χ3n) is 4.07. The van der Waals surface area contributed by atoms with Gasteiger partial charge in [0.25, 0.3) is 5.91 Å². The van der Waals surface area contributed by atoms with Crippen molar-refractivity contribution >= 4 is 61.4 Å². The smallest absolute Gasteiger partial charge is 0.261 e. The van der Waals surface area contributed by atoms with E-state index in [2.05, 4.69) is 26.2 Å². The van der Waals surface area contributed by atoms with E-state index in [1.54, 1.807) is 12.1 Å². The summed E-state index contributed by atoms with van der Waals surface area (Å²) in [7, 11) is 0. The Morgan fingerprint density at radius 3 is 2.89 bits per heavy atom. The standard InChI is InChI=1S/C20H15BrIN3O2/c21-16-8-12(9-17(22)19(16)26)7-14(10-23)20(27)24-6-5-13-11-25-18-4-2-1-3-15(13)18/h1-4,7-9,11,25-26H,5-6H2,(H,24,27)/b14-7-. The van der Waals surface area contributed by atoms with Crippen LogP contribution in [0, 0.1) is 14.9 Å². The molecule has 27 heavy (non-hydrogen) atoms. The molecule has 1 amide bonds. The molecular formula is C20H15BrIN3O2. The number of hydrogen-bond acceptors (Lipinski definition) is 3. The van der Waals surface area contributed by atoms with Crippen molar-refractivity contribution in [1.82, 2.24) is 10.3 Å². The zero-order chi connectivity index (χ0) is 19.4. The van der Waals surface area contributed by atoms with E-state index in [0.717, 1.165) is 16.5 Å². The number of benzene rings is 2. The molecule has 1 heterocycles. The predicted molar refractivity (Wildman–Crippen MR) is 117 cm³/mol. The van der Waals surface area contributed by atoms with E-state index < -0.39 is 5.91 Å². The van der Waals surface area contributed by atoms with Gasteiger partial charge >= 0.3 is 0 Å². The van der Waals surface area contributed by atoms with Crippen LogP contribution in [-0.4, -0.2) is 22.5 Å². The van der Waals surface area contributed by atoms with Gasteiger partial charge in [-0.05, 0) is 80.3 Å². The van der Waals surface area contributed by atoms with E-state index >= 15 is 0 Å². The van der Waals surface area contributed by atoms with Crippen LogP contribution in [0.1, 0.15) is 11.1 Å². The SMILES string of the molecule is N#C/C(=C/c1cc(Br)c(O)c(I)c1)C(=O)NCCc1c[nH]c2ccccc12. The van der Waals surface area contributed by atoms with Gasteiger partial charge in [-0.15, -0.1) is 0 Å². The normalized spacial score (nSPS) is 11.4. The van der Waals surface area contributed by atoms with Gasteiger partial charge in [0.2, 0.25) is 0 Å². The summed E-state index contributed by atoms with van der Waals surface area (Å²) in [6, 6.07) is 13.3. The van der Waals surface area contributed by atoms with Gasteiger partial charge in [-0.1, -0.05) is 18.2 Å². The van der Waals surface area contributed by atoms with Crippen molar-refractivity contribution in [1.29, 1.82) is 5.26 Å². The quantitative estimate of drug-likeness (QED) is 0.255. The second-order valence-electron chi connectivity index (χ2n) is 5.87. The molecule has 0 radical (unpaired) electrons. The molecule has 0 saturated carbocycles. The van der Waals surface area contributed by atoms with Crippen LogP contribution in [-0.2, 0) is 11.2 Å². The maximum absolute atomic E-state index is 12.3. The van der Waals surface area contributed by atoms with Gasteiger partial charge in [0, 0.05) is 23.6 Å². The van der Waals surface area contributed by atoms with E-state index in [9.17, 15) is 15.2 Å². The van der Waals surface area contributed by atoms with E-state index in [0.29, 0.717) is 26.6 Å². The van der Waals surface area contributed by atoms with Gasteiger partial charge in [-0.2, -0.15) is 5.26 Å². The average Bonchev–Trinajstić information content (AvgIpc) is 3.07.